The van der Waals surface area contributed by atoms with Crippen LogP contribution in [0.3, 0.4) is 0 Å². The van der Waals surface area contributed by atoms with Gasteiger partial charge in [0.2, 0.25) is 11.8 Å². The number of nitrogens with one attached hydrogen (secondary N) is 1. The molecule has 0 aliphatic carbocycles. The summed E-state index contributed by atoms with van der Waals surface area (Å²) in [6.07, 6.45) is 3.56. The zero-order chi connectivity index (χ0) is 16.5. The van der Waals surface area contributed by atoms with Crippen LogP contribution in [0.15, 0.2) is 18.2 Å². The highest BCUT2D eigenvalue weighted by molar-refractivity contribution is 5.92. The van der Waals surface area contributed by atoms with Crippen molar-refractivity contribution in [2.45, 2.75) is 53.4 Å². The van der Waals surface area contributed by atoms with E-state index >= 15 is 0 Å². The Hall–Kier alpha value is -1.84. The number of aryl methyl sites for hydroxylation is 2. The second kappa shape index (κ2) is 9.23. The molecule has 1 aromatic rings. The monoisotopic (exact) mass is 304 g/mol. The number of anilines is 1. The number of rotatable bonds is 8. The number of hydrogen-bond donors (Lipinski definition) is 1. The third-order valence-electron chi connectivity index (χ3n) is 3.75. The normalized spacial score (nSPS) is 10.4. The lowest BCUT2D eigenvalue weighted by Crippen LogP contribution is -2.33. The van der Waals surface area contributed by atoms with Gasteiger partial charge in [-0.25, -0.2) is 0 Å². The Labute approximate surface area is 133 Å². The first kappa shape index (κ1) is 18.2. The molecule has 0 radical (unpaired) electrons. The summed E-state index contributed by atoms with van der Waals surface area (Å²) in [7, 11) is 0. The molecule has 22 heavy (non-hydrogen) atoms. The fraction of sp³-hybridized carbons (Fsp3) is 0.556. The molecule has 0 saturated heterocycles. The van der Waals surface area contributed by atoms with Gasteiger partial charge in [-0.15, -0.1) is 0 Å². The van der Waals surface area contributed by atoms with Gasteiger partial charge >= 0.3 is 0 Å². The zero-order valence-corrected chi connectivity index (χ0v) is 14.2. The van der Waals surface area contributed by atoms with Crippen molar-refractivity contribution >= 4 is 17.5 Å². The standard InChI is InChI=1S/C18H28N2O2/c1-5-6-7-11-20(16(4)21)12-10-18(22)19-17-13-14(2)8-9-15(17)3/h8-9,13H,5-7,10-12H2,1-4H3,(H,19,22). The van der Waals surface area contributed by atoms with Crippen LogP contribution in [0.4, 0.5) is 5.69 Å². The van der Waals surface area contributed by atoms with Crippen molar-refractivity contribution in [2.24, 2.45) is 0 Å². The summed E-state index contributed by atoms with van der Waals surface area (Å²) in [5.74, 6) is -0.00826. The summed E-state index contributed by atoms with van der Waals surface area (Å²) in [5.41, 5.74) is 3.02. The zero-order valence-electron chi connectivity index (χ0n) is 14.2. The second-order valence-corrected chi connectivity index (χ2v) is 5.83. The van der Waals surface area contributed by atoms with Crippen LogP contribution in [-0.2, 0) is 9.59 Å². The lowest BCUT2D eigenvalue weighted by Gasteiger charge is -2.20. The van der Waals surface area contributed by atoms with E-state index in [9.17, 15) is 9.59 Å². The highest BCUT2D eigenvalue weighted by Gasteiger charge is 2.11. The molecular formula is C18H28N2O2. The Kier molecular flexibility index (Phi) is 7.64. The molecule has 2 amide bonds. The third-order valence-corrected chi connectivity index (χ3v) is 3.75. The lowest BCUT2D eigenvalue weighted by atomic mass is 10.1. The molecule has 0 bridgehead atoms. The minimum atomic E-state index is -0.0459. The van der Waals surface area contributed by atoms with Crippen LogP contribution in [0.2, 0.25) is 0 Å². The van der Waals surface area contributed by atoms with Crippen molar-refractivity contribution in [2.75, 3.05) is 18.4 Å². The molecule has 0 heterocycles. The van der Waals surface area contributed by atoms with Crippen molar-refractivity contribution in [3.63, 3.8) is 0 Å². The molecule has 0 unspecified atom stereocenters. The summed E-state index contributed by atoms with van der Waals surface area (Å²) in [5, 5.41) is 2.94. The minimum Gasteiger partial charge on any atom is -0.342 e. The molecule has 0 fully saturated rings. The van der Waals surface area contributed by atoms with Crippen LogP contribution >= 0.6 is 0 Å². The molecule has 0 saturated carbocycles. The maximum absolute atomic E-state index is 12.1. The van der Waals surface area contributed by atoms with Gasteiger partial charge < -0.3 is 10.2 Å². The number of unbranched alkanes of at least 4 members (excludes halogenated alkanes) is 2. The molecule has 4 heteroatoms. The van der Waals surface area contributed by atoms with Crippen LogP contribution in [0.1, 0.15) is 50.7 Å². The summed E-state index contributed by atoms with van der Waals surface area (Å²) in [6.45, 7) is 8.89. The van der Waals surface area contributed by atoms with Crippen molar-refractivity contribution < 1.29 is 9.59 Å². The predicted octanol–water partition coefficient (Wildman–Crippen LogP) is 3.67. The molecule has 0 spiro atoms. The van der Waals surface area contributed by atoms with Gasteiger partial charge in [0.15, 0.2) is 0 Å². The van der Waals surface area contributed by atoms with E-state index < -0.39 is 0 Å². The molecule has 1 rings (SSSR count). The smallest absolute Gasteiger partial charge is 0.226 e. The molecule has 0 atom stereocenters. The molecule has 1 N–H and O–H groups in total. The van der Waals surface area contributed by atoms with E-state index in [1.165, 1.54) is 0 Å². The van der Waals surface area contributed by atoms with Crippen LogP contribution in [0.25, 0.3) is 0 Å². The third kappa shape index (κ3) is 6.29. The maximum Gasteiger partial charge on any atom is 0.226 e. The highest BCUT2D eigenvalue weighted by atomic mass is 16.2. The van der Waals surface area contributed by atoms with E-state index in [1.807, 2.05) is 32.0 Å². The molecule has 122 valence electrons. The maximum atomic E-state index is 12.1. The van der Waals surface area contributed by atoms with Gasteiger partial charge in [-0.2, -0.15) is 0 Å². The molecule has 0 aliphatic rings. The van der Waals surface area contributed by atoms with Gasteiger partial charge in [-0.1, -0.05) is 31.9 Å². The fourth-order valence-corrected chi connectivity index (χ4v) is 2.30. The van der Waals surface area contributed by atoms with Crippen molar-refractivity contribution in [3.8, 4) is 0 Å². The topological polar surface area (TPSA) is 49.4 Å². The van der Waals surface area contributed by atoms with Gasteiger partial charge in [0.05, 0.1) is 0 Å². The van der Waals surface area contributed by atoms with E-state index in [2.05, 4.69) is 12.2 Å². The fourth-order valence-electron chi connectivity index (χ4n) is 2.30. The van der Waals surface area contributed by atoms with E-state index in [0.29, 0.717) is 13.0 Å². The predicted molar refractivity (Wildman–Crippen MR) is 90.9 cm³/mol. The van der Waals surface area contributed by atoms with E-state index in [-0.39, 0.29) is 11.8 Å². The van der Waals surface area contributed by atoms with Gasteiger partial charge in [0.1, 0.15) is 0 Å². The van der Waals surface area contributed by atoms with Crippen LogP contribution in [0.5, 0.6) is 0 Å². The molecule has 1 aromatic carbocycles. The van der Waals surface area contributed by atoms with Gasteiger partial charge in [-0.3, -0.25) is 9.59 Å². The number of benzene rings is 1. The van der Waals surface area contributed by atoms with Gasteiger partial charge in [0, 0.05) is 32.1 Å². The number of nitrogens with zero attached hydrogens (tertiary/aromatic N) is 1. The molecule has 0 aromatic heterocycles. The summed E-state index contributed by atoms with van der Waals surface area (Å²) in [6, 6.07) is 5.99. The number of carbonyl (C=O) groups is 2. The first-order valence-corrected chi connectivity index (χ1v) is 8.06. The van der Waals surface area contributed by atoms with Crippen LogP contribution in [0, 0.1) is 13.8 Å². The average molecular weight is 304 g/mol. The summed E-state index contributed by atoms with van der Waals surface area (Å²) >= 11 is 0. The Morgan fingerprint density at radius 3 is 2.50 bits per heavy atom. The Morgan fingerprint density at radius 1 is 1.14 bits per heavy atom. The Balaban J connectivity index is 2.49. The summed E-state index contributed by atoms with van der Waals surface area (Å²) in [4.78, 5) is 25.4. The number of hydrogen-bond acceptors (Lipinski definition) is 2. The Bertz CT molecular complexity index is 512. The summed E-state index contributed by atoms with van der Waals surface area (Å²) < 4.78 is 0. The van der Waals surface area contributed by atoms with Crippen molar-refractivity contribution in [1.82, 2.24) is 4.90 Å². The van der Waals surface area contributed by atoms with Crippen molar-refractivity contribution in [3.05, 3.63) is 29.3 Å². The minimum absolute atomic E-state index is 0.0376. The molecule has 0 aliphatic heterocycles. The van der Waals surface area contributed by atoms with Crippen LogP contribution < -0.4 is 5.32 Å². The van der Waals surface area contributed by atoms with E-state index in [4.69, 9.17) is 0 Å². The molecule has 4 nitrogen and oxygen atoms in total. The Morgan fingerprint density at radius 2 is 1.86 bits per heavy atom. The van der Waals surface area contributed by atoms with E-state index in [0.717, 1.165) is 42.6 Å². The SMILES string of the molecule is CCCCCN(CCC(=O)Nc1cc(C)ccc1C)C(C)=O. The molecular weight excluding hydrogens is 276 g/mol. The lowest BCUT2D eigenvalue weighted by molar-refractivity contribution is -0.129. The number of carbonyl (C=O) groups excluding carboxylic acids is 2. The first-order chi connectivity index (χ1) is 10.4. The van der Waals surface area contributed by atoms with Crippen LogP contribution in [-0.4, -0.2) is 29.8 Å². The quantitative estimate of drug-likeness (QED) is 0.745. The number of amides is 2. The average Bonchev–Trinajstić information content (AvgIpc) is 2.46. The highest BCUT2D eigenvalue weighted by Crippen LogP contribution is 2.16. The van der Waals surface area contributed by atoms with Crippen molar-refractivity contribution in [1.29, 1.82) is 0 Å². The van der Waals surface area contributed by atoms with E-state index in [1.54, 1.807) is 11.8 Å². The first-order valence-electron chi connectivity index (χ1n) is 8.06. The largest absolute Gasteiger partial charge is 0.342 e. The van der Waals surface area contributed by atoms with Gasteiger partial charge in [-0.05, 0) is 37.5 Å². The van der Waals surface area contributed by atoms with Gasteiger partial charge in [0.25, 0.3) is 0 Å². The second-order valence-electron chi connectivity index (χ2n) is 5.83.